The Morgan fingerprint density at radius 1 is 0.887 bits per heavy atom. The zero-order valence-electron chi connectivity index (χ0n) is 40.1. The van der Waals surface area contributed by atoms with Crippen LogP contribution in [0.2, 0.25) is 0 Å². The minimum atomic E-state index is -1.46. The van der Waals surface area contributed by atoms with Crippen molar-refractivity contribution in [2.24, 2.45) is 17.8 Å². The first-order valence-corrected chi connectivity index (χ1v) is 25.3. The van der Waals surface area contributed by atoms with Gasteiger partial charge in [0.05, 0.1) is 29.6 Å². The van der Waals surface area contributed by atoms with Gasteiger partial charge in [0.25, 0.3) is 0 Å². The third-order valence-electron chi connectivity index (χ3n) is 15.7. The molecule has 0 spiro atoms. The normalized spacial score (nSPS) is 26.5. The van der Waals surface area contributed by atoms with Crippen LogP contribution < -0.4 is 15.4 Å². The molecule has 4 heterocycles. The van der Waals surface area contributed by atoms with Crippen LogP contribution in [-0.2, 0) is 35.3 Å². The van der Waals surface area contributed by atoms with Crippen LogP contribution in [0, 0.1) is 29.6 Å². The van der Waals surface area contributed by atoms with Gasteiger partial charge in [0.15, 0.2) is 17.3 Å². The summed E-state index contributed by atoms with van der Waals surface area (Å²) in [5.41, 5.74) is 6.09. The van der Waals surface area contributed by atoms with Crippen LogP contribution in [0.1, 0.15) is 119 Å². The fourth-order valence-corrected chi connectivity index (χ4v) is 11.8. The lowest BCUT2D eigenvalue weighted by Gasteiger charge is -2.39. The van der Waals surface area contributed by atoms with Gasteiger partial charge in [-0.1, -0.05) is 54.3 Å². The van der Waals surface area contributed by atoms with E-state index in [9.17, 15) is 35.4 Å². The van der Waals surface area contributed by atoms with Crippen molar-refractivity contribution < 1.29 is 45.0 Å². The SMILES string of the molecule is CNC[C@H]1C#C[C@H]2Nc3[nH]ccc3Cc3cc(ccc3C[C@@H]1O)[C@H](O)c1cc(cc(OC3CCCC3)c1O)CCC(=O)[C@@H](CCO)C(=O)[C@H]1C2=Cc2[nH]ccc2[C@H]1C[C@@]1(O)C=Cc2c(O)cccc2CC1. The molecule has 2 aliphatic heterocycles. The molecule has 13 heteroatoms. The second-order valence-electron chi connectivity index (χ2n) is 20.3. The standard InChI is InChI=1S/C58H64N4O9/c1-59-32-38-12-13-47-44-30-48-42(18-23-60-48)46(31-58(70)20-15-34-5-4-8-49(64)41(34)16-21-58)53(44)56(69)43(19-24-63)50(65)14-9-33-25-45(55(68)52(26-33)71-40-6-2-3-7-40)54(67)36-11-10-35(29-51(38)66)39(27-36)28-37-17-22-61-57(37)62-47/h4-5,8,10-11,16-18,21-23,25-27,30,38,40,43,46-47,51,53-54,59-64,66-68,70H,2-3,6-7,9,14-15,19-20,24,28-29,31-32H2,1H3/t38-,43-,46-,47-,51+,53+,54+,58+/m1/s1. The highest BCUT2D eigenvalue weighted by molar-refractivity contribution is 6.05. The number of aliphatic hydroxyl groups excluding tert-OH is 3. The smallest absolute Gasteiger partial charge is 0.163 e. The number of phenols is 2. The van der Waals surface area contributed by atoms with Crippen molar-refractivity contribution in [2.75, 3.05) is 25.5 Å². The van der Waals surface area contributed by atoms with Gasteiger partial charge in [0.2, 0.25) is 0 Å². The number of fused-ring (bicyclic) bond motifs is 8. The summed E-state index contributed by atoms with van der Waals surface area (Å²) in [6, 6.07) is 17.4. The van der Waals surface area contributed by atoms with E-state index in [2.05, 4.69) is 32.4 Å². The van der Waals surface area contributed by atoms with Gasteiger partial charge in [-0.05, 0) is 152 Å². The van der Waals surface area contributed by atoms with E-state index >= 15 is 4.79 Å². The first-order valence-electron chi connectivity index (χ1n) is 25.3. The van der Waals surface area contributed by atoms with Gasteiger partial charge in [-0.2, -0.15) is 0 Å². The predicted octanol–water partition coefficient (Wildman–Crippen LogP) is 6.95. The van der Waals surface area contributed by atoms with Gasteiger partial charge >= 0.3 is 0 Å². The molecule has 370 valence electrons. The highest BCUT2D eigenvalue weighted by Gasteiger charge is 2.46. The number of ether oxygens (including phenoxy) is 1. The molecule has 5 aliphatic rings. The van der Waals surface area contributed by atoms with Crippen LogP contribution in [0.5, 0.6) is 17.2 Å². The van der Waals surface area contributed by atoms with Gasteiger partial charge < -0.3 is 56.0 Å². The summed E-state index contributed by atoms with van der Waals surface area (Å²) < 4.78 is 6.43. The molecular weight excluding hydrogens is 897 g/mol. The maximum Gasteiger partial charge on any atom is 0.163 e. The number of nitrogens with one attached hydrogen (secondary N) is 4. The molecule has 3 aliphatic carbocycles. The summed E-state index contributed by atoms with van der Waals surface area (Å²) in [5, 5.41) is 77.4. The van der Waals surface area contributed by atoms with E-state index in [4.69, 9.17) is 4.74 Å². The van der Waals surface area contributed by atoms with E-state index in [-0.39, 0.29) is 66.8 Å². The fourth-order valence-electron chi connectivity index (χ4n) is 11.8. The molecule has 5 aromatic rings. The number of aromatic hydroxyl groups is 2. The number of aryl methyl sites for hydroxylation is 2. The van der Waals surface area contributed by atoms with Crippen molar-refractivity contribution in [3.63, 3.8) is 0 Å². The van der Waals surface area contributed by atoms with E-state index in [1.165, 1.54) is 0 Å². The van der Waals surface area contributed by atoms with Crippen molar-refractivity contribution in [2.45, 2.75) is 113 Å². The quantitative estimate of drug-likeness (QED) is 0.0567. The molecule has 0 amide bonds. The second kappa shape index (κ2) is 20.4. The van der Waals surface area contributed by atoms with Crippen LogP contribution in [-0.4, -0.2) is 96.2 Å². The minimum absolute atomic E-state index is 0.0768. The Labute approximate surface area is 414 Å². The first kappa shape index (κ1) is 48.2. The summed E-state index contributed by atoms with van der Waals surface area (Å²) in [6.45, 7) is -0.0917. The van der Waals surface area contributed by atoms with E-state index in [1.54, 1.807) is 43.5 Å². The number of carbonyl (C=O) groups is 2. The number of benzene rings is 3. The van der Waals surface area contributed by atoms with Crippen LogP contribution in [0.25, 0.3) is 12.2 Å². The Morgan fingerprint density at radius 3 is 2.54 bits per heavy atom. The molecule has 5 bridgehead atoms. The zero-order valence-corrected chi connectivity index (χ0v) is 40.1. The predicted molar refractivity (Wildman–Crippen MR) is 271 cm³/mol. The van der Waals surface area contributed by atoms with Gasteiger partial charge in [-0.25, -0.2) is 0 Å². The largest absolute Gasteiger partial charge is 0.507 e. The first-order chi connectivity index (χ1) is 34.4. The lowest BCUT2D eigenvalue weighted by atomic mass is 9.65. The minimum Gasteiger partial charge on any atom is -0.507 e. The number of carbonyl (C=O) groups excluding carboxylic acids is 2. The number of anilines is 1. The van der Waals surface area contributed by atoms with E-state index in [1.807, 2.05) is 54.9 Å². The number of aliphatic hydroxyl groups is 4. The number of rotatable bonds is 8. The Balaban J connectivity index is 1.16. The third kappa shape index (κ3) is 9.84. The lowest BCUT2D eigenvalue weighted by molar-refractivity contribution is -0.135. The molecule has 10 N–H and O–H groups in total. The number of hydrogen-bond acceptors (Lipinski definition) is 11. The van der Waals surface area contributed by atoms with Crippen LogP contribution in [0.3, 0.4) is 0 Å². The Kier molecular flexibility index (Phi) is 13.8. The van der Waals surface area contributed by atoms with Crippen molar-refractivity contribution in [3.8, 4) is 29.1 Å². The van der Waals surface area contributed by atoms with Gasteiger partial charge in [0, 0.05) is 67.0 Å². The van der Waals surface area contributed by atoms with E-state index < -0.39 is 59.9 Å². The Morgan fingerprint density at radius 2 is 1.72 bits per heavy atom. The second-order valence-corrected chi connectivity index (χ2v) is 20.3. The number of aromatic nitrogens is 2. The lowest BCUT2D eigenvalue weighted by Crippen LogP contribution is -2.43. The monoisotopic (exact) mass is 960 g/mol. The molecule has 1 saturated carbocycles. The van der Waals surface area contributed by atoms with Gasteiger partial charge in [0.1, 0.15) is 29.5 Å². The Bertz CT molecular complexity index is 2930. The van der Waals surface area contributed by atoms with Gasteiger partial charge in [-0.15, -0.1) is 0 Å². The third-order valence-corrected chi connectivity index (χ3v) is 15.7. The maximum atomic E-state index is 16.0. The average molecular weight is 961 g/mol. The number of ketones is 2. The number of hydrogen-bond donors (Lipinski definition) is 10. The summed E-state index contributed by atoms with van der Waals surface area (Å²) >= 11 is 0. The van der Waals surface area contributed by atoms with Crippen LogP contribution in [0.4, 0.5) is 5.82 Å². The van der Waals surface area contributed by atoms with Crippen molar-refractivity contribution in [1.82, 2.24) is 15.3 Å². The molecule has 71 heavy (non-hydrogen) atoms. The van der Waals surface area contributed by atoms with E-state index in [0.717, 1.165) is 59.2 Å². The molecule has 0 saturated heterocycles. The van der Waals surface area contributed by atoms with Crippen LogP contribution >= 0.6 is 0 Å². The van der Waals surface area contributed by atoms with Gasteiger partial charge in [-0.3, -0.25) is 9.59 Å². The number of phenolic OH excluding ortho intramolecular Hbond substituents is 2. The topological polar surface area (TPSA) is 220 Å². The number of aromatic amines is 2. The molecule has 10 rings (SSSR count). The molecule has 3 aromatic carbocycles. The summed E-state index contributed by atoms with van der Waals surface area (Å²) in [5.74, 6) is 3.33. The molecule has 0 radical (unpaired) electrons. The molecular formula is C58H64N4O9. The fraction of sp³-hybridized carbons (Fsp3) is 0.414. The zero-order chi connectivity index (χ0) is 49.4. The highest BCUT2D eigenvalue weighted by Crippen LogP contribution is 2.48. The molecule has 0 unspecified atom stereocenters. The summed E-state index contributed by atoms with van der Waals surface area (Å²) in [7, 11) is 1.80. The molecule has 2 aromatic heterocycles. The van der Waals surface area contributed by atoms with Crippen molar-refractivity contribution in [1.29, 1.82) is 0 Å². The molecule has 1 fully saturated rings. The molecule has 8 atom stereocenters. The van der Waals surface area contributed by atoms with Crippen LogP contribution in [0.15, 0.2) is 84.7 Å². The van der Waals surface area contributed by atoms with E-state index in [0.29, 0.717) is 53.9 Å². The van der Waals surface area contributed by atoms with Crippen molar-refractivity contribution >= 4 is 29.5 Å². The highest BCUT2D eigenvalue weighted by atomic mass is 16.5. The summed E-state index contributed by atoms with van der Waals surface area (Å²) in [6.07, 6.45) is 11.7. The maximum absolute atomic E-state index is 16.0. The number of H-pyrrole nitrogens is 2. The molecule has 13 nitrogen and oxygen atoms in total. The average Bonchev–Trinajstić information content (AvgIpc) is 4.14. The summed E-state index contributed by atoms with van der Waals surface area (Å²) in [4.78, 5) is 37.7. The Hall–Kier alpha value is -6.40. The van der Waals surface area contributed by atoms with Crippen molar-refractivity contribution in [3.05, 3.63) is 140 Å². The number of Topliss-reactive ketones (excluding diaryl/α,β-unsaturated/α-hetero) is 2.